The Morgan fingerprint density at radius 3 is 3.14 bits per heavy atom. The zero-order valence-corrected chi connectivity index (χ0v) is 8.21. The number of carbonyl (C=O) groups excluding carboxylic acids is 1. The van der Waals surface area contributed by atoms with Crippen LogP contribution in [0.4, 0.5) is 5.69 Å². The molecule has 4 nitrogen and oxygen atoms in total. The standard InChI is InChI=1S/C9H10ClN3O/c1-2-3-12-9(14)6-4-8(10)13-5-7(6)11/h2,4-5H,1,3,11H2,(H,12,14). The van der Waals surface area contributed by atoms with Crippen LogP contribution in [0.5, 0.6) is 0 Å². The third-order valence-corrected chi connectivity index (χ3v) is 1.76. The minimum atomic E-state index is -0.285. The van der Waals surface area contributed by atoms with E-state index < -0.39 is 0 Å². The zero-order chi connectivity index (χ0) is 10.6. The Bertz CT molecular complexity index is 365. The molecule has 0 saturated heterocycles. The smallest absolute Gasteiger partial charge is 0.253 e. The van der Waals surface area contributed by atoms with Gasteiger partial charge in [0.2, 0.25) is 0 Å². The Morgan fingerprint density at radius 1 is 1.79 bits per heavy atom. The van der Waals surface area contributed by atoms with Crippen molar-refractivity contribution in [3.63, 3.8) is 0 Å². The second-order valence-corrected chi connectivity index (χ2v) is 2.98. The number of hydrogen-bond donors (Lipinski definition) is 2. The average Bonchev–Trinajstić information content (AvgIpc) is 2.18. The summed E-state index contributed by atoms with van der Waals surface area (Å²) in [7, 11) is 0. The highest BCUT2D eigenvalue weighted by Crippen LogP contribution is 2.14. The normalized spacial score (nSPS) is 9.50. The first-order valence-corrected chi connectivity index (χ1v) is 4.33. The molecule has 0 aliphatic heterocycles. The fourth-order valence-electron chi connectivity index (χ4n) is 0.897. The minimum absolute atomic E-state index is 0.239. The number of rotatable bonds is 3. The van der Waals surface area contributed by atoms with Crippen LogP contribution in [-0.4, -0.2) is 17.4 Å². The van der Waals surface area contributed by atoms with Crippen molar-refractivity contribution in [2.75, 3.05) is 12.3 Å². The maximum atomic E-state index is 11.5. The van der Waals surface area contributed by atoms with Gasteiger partial charge in [-0.1, -0.05) is 17.7 Å². The average molecular weight is 212 g/mol. The van der Waals surface area contributed by atoms with Gasteiger partial charge in [0.1, 0.15) is 5.15 Å². The number of hydrogen-bond acceptors (Lipinski definition) is 3. The Labute approximate surface area is 86.8 Å². The molecule has 0 radical (unpaired) electrons. The molecule has 74 valence electrons. The number of nitrogens with zero attached hydrogens (tertiary/aromatic N) is 1. The summed E-state index contributed by atoms with van der Waals surface area (Å²) in [4.78, 5) is 15.2. The third kappa shape index (κ3) is 2.47. The monoisotopic (exact) mass is 211 g/mol. The topological polar surface area (TPSA) is 68.0 Å². The molecule has 5 heteroatoms. The summed E-state index contributed by atoms with van der Waals surface area (Å²) >= 11 is 5.63. The lowest BCUT2D eigenvalue weighted by atomic mass is 10.2. The fourth-order valence-corrected chi connectivity index (χ4v) is 1.06. The Morgan fingerprint density at radius 2 is 2.50 bits per heavy atom. The van der Waals surface area contributed by atoms with Gasteiger partial charge in [0.05, 0.1) is 17.4 Å². The molecule has 1 aromatic heterocycles. The van der Waals surface area contributed by atoms with Crippen LogP contribution in [0.3, 0.4) is 0 Å². The third-order valence-electron chi connectivity index (χ3n) is 1.55. The van der Waals surface area contributed by atoms with Gasteiger partial charge < -0.3 is 11.1 Å². The molecule has 14 heavy (non-hydrogen) atoms. The van der Waals surface area contributed by atoms with Crippen molar-refractivity contribution < 1.29 is 4.79 Å². The first kappa shape index (κ1) is 10.5. The number of halogens is 1. The molecule has 0 aromatic carbocycles. The number of aromatic nitrogens is 1. The maximum absolute atomic E-state index is 11.5. The number of pyridine rings is 1. The van der Waals surface area contributed by atoms with Crippen molar-refractivity contribution in [3.8, 4) is 0 Å². The van der Waals surface area contributed by atoms with Crippen LogP contribution < -0.4 is 11.1 Å². The number of nitrogens with one attached hydrogen (secondary N) is 1. The summed E-state index contributed by atoms with van der Waals surface area (Å²) in [6.07, 6.45) is 2.93. The molecule has 0 saturated carbocycles. The molecule has 0 aliphatic carbocycles. The van der Waals surface area contributed by atoms with Crippen molar-refractivity contribution in [2.24, 2.45) is 0 Å². The second-order valence-electron chi connectivity index (χ2n) is 2.59. The van der Waals surface area contributed by atoms with Crippen molar-refractivity contribution >= 4 is 23.2 Å². The van der Waals surface area contributed by atoms with Crippen molar-refractivity contribution in [3.05, 3.63) is 35.6 Å². The quantitative estimate of drug-likeness (QED) is 0.584. The molecule has 0 atom stereocenters. The molecule has 1 amide bonds. The minimum Gasteiger partial charge on any atom is -0.397 e. The maximum Gasteiger partial charge on any atom is 0.253 e. The molecule has 1 aromatic rings. The van der Waals surface area contributed by atoms with Gasteiger partial charge in [-0.2, -0.15) is 0 Å². The molecule has 1 heterocycles. The zero-order valence-electron chi connectivity index (χ0n) is 7.46. The molecular formula is C9H10ClN3O. The summed E-state index contributed by atoms with van der Waals surface area (Å²) in [5.74, 6) is -0.285. The van der Waals surface area contributed by atoms with Gasteiger partial charge in [-0.15, -0.1) is 6.58 Å². The summed E-state index contributed by atoms with van der Waals surface area (Å²) in [6, 6.07) is 1.43. The van der Waals surface area contributed by atoms with Gasteiger partial charge >= 0.3 is 0 Å². The predicted molar refractivity (Wildman–Crippen MR) is 56.2 cm³/mol. The lowest BCUT2D eigenvalue weighted by Gasteiger charge is -2.05. The van der Waals surface area contributed by atoms with Crippen molar-refractivity contribution in [2.45, 2.75) is 0 Å². The van der Waals surface area contributed by atoms with Crippen molar-refractivity contribution in [1.82, 2.24) is 10.3 Å². The Balaban J connectivity index is 2.88. The fraction of sp³-hybridized carbons (Fsp3) is 0.111. The molecular weight excluding hydrogens is 202 g/mol. The molecule has 0 bridgehead atoms. The van der Waals surface area contributed by atoms with Gasteiger partial charge in [-0.05, 0) is 6.07 Å². The van der Waals surface area contributed by atoms with Crippen molar-refractivity contribution in [1.29, 1.82) is 0 Å². The van der Waals surface area contributed by atoms with E-state index in [1.165, 1.54) is 12.3 Å². The summed E-state index contributed by atoms with van der Waals surface area (Å²) in [6.45, 7) is 3.87. The highest BCUT2D eigenvalue weighted by molar-refractivity contribution is 6.29. The van der Waals surface area contributed by atoms with Crippen LogP contribution in [0.25, 0.3) is 0 Å². The van der Waals surface area contributed by atoms with Gasteiger partial charge in [0, 0.05) is 6.54 Å². The number of amides is 1. The van der Waals surface area contributed by atoms with Crippen LogP contribution in [0.2, 0.25) is 5.15 Å². The first-order valence-electron chi connectivity index (χ1n) is 3.95. The molecule has 0 aliphatic rings. The van der Waals surface area contributed by atoms with Crippen LogP contribution in [0.1, 0.15) is 10.4 Å². The van der Waals surface area contributed by atoms with Gasteiger partial charge in [0.25, 0.3) is 5.91 Å². The molecule has 1 rings (SSSR count). The van der Waals surface area contributed by atoms with E-state index in [-0.39, 0.29) is 11.1 Å². The van der Waals surface area contributed by atoms with E-state index in [4.69, 9.17) is 17.3 Å². The highest BCUT2D eigenvalue weighted by Gasteiger charge is 2.09. The SMILES string of the molecule is C=CCNC(=O)c1cc(Cl)ncc1N. The lowest BCUT2D eigenvalue weighted by Crippen LogP contribution is -2.24. The number of anilines is 1. The molecule has 0 unspecified atom stereocenters. The molecule has 3 N–H and O–H groups in total. The largest absolute Gasteiger partial charge is 0.397 e. The summed E-state index contributed by atoms with van der Waals surface area (Å²) < 4.78 is 0. The van der Waals surface area contributed by atoms with Crippen LogP contribution in [-0.2, 0) is 0 Å². The van der Waals surface area contributed by atoms with Crippen LogP contribution in [0, 0.1) is 0 Å². The van der Waals surface area contributed by atoms with E-state index in [9.17, 15) is 4.79 Å². The lowest BCUT2D eigenvalue weighted by molar-refractivity contribution is 0.0959. The van der Waals surface area contributed by atoms with Crippen LogP contribution >= 0.6 is 11.6 Å². The number of carbonyl (C=O) groups is 1. The molecule has 0 spiro atoms. The van der Waals surface area contributed by atoms with E-state index in [1.54, 1.807) is 6.08 Å². The van der Waals surface area contributed by atoms with Crippen LogP contribution in [0.15, 0.2) is 24.9 Å². The van der Waals surface area contributed by atoms with E-state index in [1.807, 2.05) is 0 Å². The van der Waals surface area contributed by atoms with Gasteiger partial charge in [0.15, 0.2) is 0 Å². The van der Waals surface area contributed by atoms with Gasteiger partial charge in [-0.3, -0.25) is 4.79 Å². The van der Waals surface area contributed by atoms with E-state index in [0.717, 1.165) is 0 Å². The Kier molecular flexibility index (Phi) is 3.48. The van der Waals surface area contributed by atoms with E-state index in [2.05, 4.69) is 16.9 Å². The number of nitrogens with two attached hydrogens (primary N) is 1. The predicted octanol–water partition coefficient (Wildman–Crippen LogP) is 1.23. The second kappa shape index (κ2) is 4.62. The summed E-state index contributed by atoms with van der Waals surface area (Å²) in [5.41, 5.74) is 6.18. The summed E-state index contributed by atoms with van der Waals surface area (Å²) in [5, 5.41) is 2.83. The first-order chi connectivity index (χ1) is 6.65. The molecule has 0 fully saturated rings. The highest BCUT2D eigenvalue weighted by atomic mass is 35.5. The van der Waals surface area contributed by atoms with E-state index in [0.29, 0.717) is 17.8 Å². The Hall–Kier alpha value is -1.55. The van der Waals surface area contributed by atoms with E-state index >= 15 is 0 Å². The van der Waals surface area contributed by atoms with Gasteiger partial charge in [-0.25, -0.2) is 4.98 Å². The number of nitrogen functional groups attached to an aromatic ring is 1.